The molecular weight excluding hydrogens is 550 g/mol. The van der Waals surface area contributed by atoms with E-state index in [1.165, 1.54) is 223 Å². The zero-order valence-electron chi connectivity index (χ0n) is 28.9. The maximum absolute atomic E-state index is 2.47. The molecule has 0 spiro atoms. The summed E-state index contributed by atoms with van der Waals surface area (Å²) >= 11 is 0. The van der Waals surface area contributed by atoms with Crippen LogP contribution in [0.5, 0.6) is 0 Å². The molecule has 0 rings (SSSR count). The van der Waals surface area contributed by atoms with Gasteiger partial charge < -0.3 is 21.5 Å². The van der Waals surface area contributed by atoms with Crippen LogP contribution in [0, 0.1) is 0 Å². The number of nitrogens with zero attached hydrogens (tertiary/aromatic N) is 1. The van der Waals surface area contributed by atoms with Gasteiger partial charge in [-0.1, -0.05) is 194 Å². The molecule has 0 aliphatic rings. The second kappa shape index (κ2) is 35.6. The molecule has 0 aromatic rings. The Morgan fingerprint density at radius 3 is 0.575 bits per heavy atom. The first kappa shape index (κ1) is 42.6. The Kier molecular flexibility index (Phi) is 37.9. The Bertz CT molecular complexity index is 397. The van der Waals surface area contributed by atoms with Crippen molar-refractivity contribution in [2.75, 3.05) is 27.2 Å². The van der Waals surface area contributed by atoms with Gasteiger partial charge in [0.05, 0.1) is 27.2 Å². The van der Waals surface area contributed by atoms with Gasteiger partial charge in [-0.2, -0.15) is 0 Å². The highest BCUT2D eigenvalue weighted by Crippen LogP contribution is 2.16. The molecule has 40 heavy (non-hydrogen) atoms. The molecule has 1 nitrogen and oxygen atoms in total. The molecule has 0 aromatic heterocycles. The average molecular weight is 631 g/mol. The summed E-state index contributed by atoms with van der Waals surface area (Å²) in [5.41, 5.74) is 0. The normalized spacial score (nSPS) is 11.7. The minimum absolute atomic E-state index is 0. The number of hydrogen-bond acceptors (Lipinski definition) is 0. The molecule has 244 valence electrons. The van der Waals surface area contributed by atoms with E-state index in [0.29, 0.717) is 0 Å². The molecule has 0 aliphatic heterocycles. The Hall–Kier alpha value is 0.440. The molecule has 0 aromatic carbocycles. The predicted molar refractivity (Wildman–Crippen MR) is 181 cm³/mol. The van der Waals surface area contributed by atoms with Crippen LogP contribution in [0.1, 0.15) is 219 Å². The minimum atomic E-state index is 0. The zero-order valence-corrected chi connectivity index (χ0v) is 30.5. The van der Waals surface area contributed by atoms with E-state index >= 15 is 0 Å². The molecule has 0 unspecified atom stereocenters. The highest BCUT2D eigenvalue weighted by molar-refractivity contribution is 4.52. The topological polar surface area (TPSA) is 0 Å². The summed E-state index contributed by atoms with van der Waals surface area (Å²) in [5, 5.41) is 0. The van der Waals surface area contributed by atoms with Crippen LogP contribution in [-0.4, -0.2) is 31.7 Å². The van der Waals surface area contributed by atoms with E-state index in [1.807, 2.05) is 0 Å². The van der Waals surface area contributed by atoms with Gasteiger partial charge in [-0.15, -0.1) is 0 Å². The van der Waals surface area contributed by atoms with E-state index in [2.05, 4.69) is 27.9 Å². The van der Waals surface area contributed by atoms with Crippen LogP contribution >= 0.6 is 0 Å². The Morgan fingerprint density at radius 1 is 0.250 bits per heavy atom. The van der Waals surface area contributed by atoms with E-state index < -0.39 is 0 Å². The molecule has 0 atom stereocenters. The zero-order chi connectivity index (χ0) is 28.5. The number of hydrogen-bond donors (Lipinski definition) is 0. The molecule has 0 fully saturated rings. The lowest BCUT2D eigenvalue weighted by molar-refractivity contribution is -0.890. The third-order valence-corrected chi connectivity index (χ3v) is 9.23. The highest BCUT2D eigenvalue weighted by atomic mass is 79.9. The monoisotopic (exact) mass is 630 g/mol. The lowest BCUT2D eigenvalue weighted by Crippen LogP contribution is -3.00. The van der Waals surface area contributed by atoms with Crippen LogP contribution in [-0.2, 0) is 0 Å². The lowest BCUT2D eigenvalue weighted by Gasteiger charge is -2.30. The van der Waals surface area contributed by atoms with Crippen molar-refractivity contribution in [1.82, 2.24) is 0 Å². The molecule has 0 aliphatic carbocycles. The summed E-state index contributed by atoms with van der Waals surface area (Å²) in [7, 11) is 4.94. The number of halogens is 1. The van der Waals surface area contributed by atoms with E-state index in [1.54, 1.807) is 0 Å². The van der Waals surface area contributed by atoms with Crippen molar-refractivity contribution in [1.29, 1.82) is 0 Å². The fraction of sp³-hybridized carbons (Fsp3) is 1.00. The van der Waals surface area contributed by atoms with Gasteiger partial charge in [0.25, 0.3) is 0 Å². The second-order valence-corrected chi connectivity index (χ2v) is 14.0. The molecule has 0 bridgehead atoms. The summed E-state index contributed by atoms with van der Waals surface area (Å²) in [4.78, 5) is 0. The summed E-state index contributed by atoms with van der Waals surface area (Å²) in [6.07, 6.45) is 46.9. The van der Waals surface area contributed by atoms with Gasteiger partial charge in [-0.3, -0.25) is 0 Å². The molecule has 0 heterocycles. The summed E-state index contributed by atoms with van der Waals surface area (Å²) in [5.74, 6) is 0. The minimum Gasteiger partial charge on any atom is -1.00 e. The fourth-order valence-electron chi connectivity index (χ4n) is 6.29. The van der Waals surface area contributed by atoms with Gasteiger partial charge in [0, 0.05) is 0 Å². The largest absolute Gasteiger partial charge is 1.00 e. The standard InChI is InChI=1S/C38H80N.BrH/c1-5-7-9-11-13-15-17-19-21-23-25-27-29-31-33-35-37-39(3,4)38-36-34-32-30-28-26-24-22-20-18-16-14-12-10-8-6-2;/h5-38H2,1-4H3;1H/q+1;/p-1. The maximum Gasteiger partial charge on any atom is 0.0782 e. The smallest absolute Gasteiger partial charge is 0.0782 e. The van der Waals surface area contributed by atoms with Crippen LogP contribution in [0.15, 0.2) is 0 Å². The van der Waals surface area contributed by atoms with Gasteiger partial charge in [0.2, 0.25) is 0 Å². The SMILES string of the molecule is CCCCCCCCCCCCCCCCCC[N+](C)(C)CCCCCCCCCCCCCCCCCC.[Br-]. The van der Waals surface area contributed by atoms with Gasteiger partial charge in [0.15, 0.2) is 0 Å². The number of rotatable bonds is 34. The predicted octanol–water partition coefficient (Wildman–Crippen LogP) is 10.6. The van der Waals surface area contributed by atoms with E-state index in [4.69, 9.17) is 0 Å². The van der Waals surface area contributed by atoms with Crippen molar-refractivity contribution in [2.24, 2.45) is 0 Å². The van der Waals surface area contributed by atoms with Crippen molar-refractivity contribution >= 4 is 0 Å². The first-order chi connectivity index (χ1) is 19.1. The van der Waals surface area contributed by atoms with Crippen molar-refractivity contribution in [3.05, 3.63) is 0 Å². The Labute approximate surface area is 267 Å². The summed E-state index contributed by atoms with van der Waals surface area (Å²) in [6.45, 7) is 7.39. The molecule has 0 radical (unpaired) electrons. The van der Waals surface area contributed by atoms with Crippen LogP contribution in [0.3, 0.4) is 0 Å². The van der Waals surface area contributed by atoms with Crippen molar-refractivity contribution < 1.29 is 21.5 Å². The Balaban J connectivity index is 0. The third kappa shape index (κ3) is 36.5. The van der Waals surface area contributed by atoms with E-state index in [-0.39, 0.29) is 17.0 Å². The fourth-order valence-corrected chi connectivity index (χ4v) is 6.29. The molecule has 0 N–H and O–H groups in total. The van der Waals surface area contributed by atoms with Crippen LogP contribution < -0.4 is 17.0 Å². The molecule has 0 saturated carbocycles. The van der Waals surface area contributed by atoms with Crippen molar-refractivity contribution in [3.63, 3.8) is 0 Å². The highest BCUT2D eigenvalue weighted by Gasteiger charge is 2.13. The molecule has 0 saturated heterocycles. The van der Waals surface area contributed by atoms with E-state index in [9.17, 15) is 0 Å². The van der Waals surface area contributed by atoms with Crippen molar-refractivity contribution in [3.8, 4) is 0 Å². The first-order valence-corrected chi connectivity index (χ1v) is 18.9. The lowest BCUT2D eigenvalue weighted by atomic mass is 10.0. The van der Waals surface area contributed by atoms with E-state index in [0.717, 1.165) is 0 Å². The van der Waals surface area contributed by atoms with Gasteiger partial charge in [-0.05, 0) is 25.7 Å². The van der Waals surface area contributed by atoms with Gasteiger partial charge in [0.1, 0.15) is 0 Å². The quantitative estimate of drug-likeness (QED) is 0.0490. The van der Waals surface area contributed by atoms with Crippen molar-refractivity contribution in [2.45, 2.75) is 219 Å². The summed E-state index contributed by atoms with van der Waals surface area (Å²) < 4.78 is 1.25. The Morgan fingerprint density at radius 2 is 0.400 bits per heavy atom. The van der Waals surface area contributed by atoms with Gasteiger partial charge >= 0.3 is 0 Å². The summed E-state index contributed by atoms with van der Waals surface area (Å²) in [6, 6.07) is 0. The van der Waals surface area contributed by atoms with Crippen LogP contribution in [0.2, 0.25) is 0 Å². The van der Waals surface area contributed by atoms with Crippen LogP contribution in [0.25, 0.3) is 0 Å². The average Bonchev–Trinajstić information content (AvgIpc) is 2.92. The molecular formula is C38H80BrN. The van der Waals surface area contributed by atoms with Crippen LogP contribution in [0.4, 0.5) is 0 Å². The first-order valence-electron chi connectivity index (χ1n) is 18.9. The third-order valence-electron chi connectivity index (χ3n) is 9.23. The molecule has 0 amide bonds. The second-order valence-electron chi connectivity index (χ2n) is 14.0. The number of unbranched alkanes of at least 4 members (excludes halogenated alkanes) is 30. The van der Waals surface area contributed by atoms with Gasteiger partial charge in [-0.25, -0.2) is 0 Å². The molecule has 2 heteroatoms. The number of quaternary nitrogens is 1. The maximum atomic E-state index is 2.47.